The summed E-state index contributed by atoms with van der Waals surface area (Å²) in [6.07, 6.45) is 0.193. The minimum atomic E-state index is -3.34. The summed E-state index contributed by atoms with van der Waals surface area (Å²) in [5.41, 5.74) is -0.111. The third-order valence-corrected chi connectivity index (χ3v) is 4.90. The molecular formula is C15H21N3O3S. The Kier molecular flexibility index (Phi) is 4.67. The second kappa shape index (κ2) is 6.18. The quantitative estimate of drug-likeness (QED) is 0.872. The average molecular weight is 323 g/mol. The van der Waals surface area contributed by atoms with Gasteiger partial charge in [-0.2, -0.15) is 0 Å². The van der Waals surface area contributed by atoms with E-state index in [4.69, 9.17) is 0 Å². The Hall–Kier alpha value is -1.73. The van der Waals surface area contributed by atoms with Crippen LogP contribution in [0.3, 0.4) is 0 Å². The number of hydrogen-bond acceptors (Lipinski definition) is 5. The summed E-state index contributed by atoms with van der Waals surface area (Å²) in [5.74, 6) is 0.770. The first kappa shape index (κ1) is 16.6. The Labute approximate surface area is 130 Å². The topological polar surface area (TPSA) is 85.1 Å². The summed E-state index contributed by atoms with van der Waals surface area (Å²) in [6, 6.07) is 9.49. The first-order valence-corrected chi connectivity index (χ1v) is 8.87. The third kappa shape index (κ3) is 4.38. The Morgan fingerprint density at radius 2 is 1.82 bits per heavy atom. The van der Waals surface area contributed by atoms with Gasteiger partial charge >= 0.3 is 0 Å². The lowest BCUT2D eigenvalue weighted by Crippen LogP contribution is -2.24. The van der Waals surface area contributed by atoms with Gasteiger partial charge in [-0.3, -0.25) is 0 Å². The van der Waals surface area contributed by atoms with Crippen LogP contribution in [0.1, 0.15) is 26.1 Å². The van der Waals surface area contributed by atoms with Crippen molar-refractivity contribution in [3.63, 3.8) is 0 Å². The van der Waals surface area contributed by atoms with Crippen LogP contribution in [0.5, 0.6) is 0 Å². The van der Waals surface area contributed by atoms with Crippen LogP contribution in [0.2, 0.25) is 0 Å². The van der Waals surface area contributed by atoms with Gasteiger partial charge < -0.3 is 9.67 Å². The fourth-order valence-corrected chi connectivity index (χ4v) is 3.60. The van der Waals surface area contributed by atoms with Crippen molar-refractivity contribution in [2.24, 2.45) is 7.05 Å². The van der Waals surface area contributed by atoms with Gasteiger partial charge in [0, 0.05) is 12.6 Å². The molecule has 0 unspecified atom stereocenters. The van der Waals surface area contributed by atoms with Gasteiger partial charge in [-0.05, 0) is 20.3 Å². The molecule has 2 aromatic rings. The van der Waals surface area contributed by atoms with E-state index in [0.29, 0.717) is 11.6 Å². The lowest BCUT2D eigenvalue weighted by Gasteiger charge is -2.16. The Bertz CT molecular complexity index is 731. The maximum absolute atomic E-state index is 12.2. The summed E-state index contributed by atoms with van der Waals surface area (Å²) in [5, 5.41) is 17.7. The van der Waals surface area contributed by atoms with E-state index in [0.717, 1.165) is 5.56 Å². The molecule has 0 aliphatic heterocycles. The first-order valence-electron chi connectivity index (χ1n) is 7.04. The van der Waals surface area contributed by atoms with Gasteiger partial charge in [0.2, 0.25) is 0 Å². The van der Waals surface area contributed by atoms with Gasteiger partial charge in [0.25, 0.3) is 0 Å². The second-order valence-corrected chi connectivity index (χ2v) is 8.20. The number of nitrogens with zero attached hydrogens (tertiary/aromatic N) is 3. The molecule has 120 valence electrons. The Morgan fingerprint density at radius 3 is 2.41 bits per heavy atom. The molecule has 0 fully saturated rings. The van der Waals surface area contributed by atoms with E-state index in [1.165, 1.54) is 0 Å². The van der Waals surface area contributed by atoms with E-state index < -0.39 is 15.4 Å². The van der Waals surface area contributed by atoms with Crippen LogP contribution >= 0.6 is 0 Å². The van der Waals surface area contributed by atoms with Gasteiger partial charge in [-0.15, -0.1) is 10.2 Å². The van der Waals surface area contributed by atoms with Crippen molar-refractivity contribution < 1.29 is 13.5 Å². The smallest absolute Gasteiger partial charge is 0.163 e. The number of aliphatic hydroxyl groups is 1. The molecular weight excluding hydrogens is 302 g/mol. The van der Waals surface area contributed by atoms with Crippen LogP contribution < -0.4 is 0 Å². The van der Waals surface area contributed by atoms with E-state index >= 15 is 0 Å². The van der Waals surface area contributed by atoms with Crippen molar-refractivity contribution in [3.8, 4) is 11.4 Å². The van der Waals surface area contributed by atoms with Crippen molar-refractivity contribution in [1.82, 2.24) is 14.8 Å². The molecule has 22 heavy (non-hydrogen) atoms. The van der Waals surface area contributed by atoms with Crippen LogP contribution in [-0.2, 0) is 22.6 Å². The van der Waals surface area contributed by atoms with Gasteiger partial charge in [0.1, 0.15) is 11.6 Å². The van der Waals surface area contributed by atoms with Gasteiger partial charge in [-0.1, -0.05) is 30.3 Å². The molecule has 0 saturated heterocycles. The zero-order chi connectivity index (χ0) is 16.4. The van der Waals surface area contributed by atoms with Crippen molar-refractivity contribution >= 4 is 9.84 Å². The highest BCUT2D eigenvalue weighted by Gasteiger charge is 2.22. The fourth-order valence-electron chi connectivity index (χ4n) is 2.00. The molecule has 6 nitrogen and oxygen atoms in total. The minimum absolute atomic E-state index is 0.0793. The predicted molar refractivity (Wildman–Crippen MR) is 84.8 cm³/mol. The maximum atomic E-state index is 12.2. The molecule has 1 heterocycles. The summed E-state index contributed by atoms with van der Waals surface area (Å²) >= 11 is 0. The normalized spacial score (nSPS) is 12.5. The fraction of sp³-hybridized carbons (Fsp3) is 0.467. The molecule has 0 saturated carbocycles. The highest BCUT2D eigenvalue weighted by molar-refractivity contribution is 7.90. The molecule has 0 amide bonds. The molecule has 7 heteroatoms. The van der Waals surface area contributed by atoms with Crippen LogP contribution in [0.25, 0.3) is 11.4 Å². The van der Waals surface area contributed by atoms with E-state index in [2.05, 4.69) is 10.2 Å². The van der Waals surface area contributed by atoms with Gasteiger partial charge in [0.15, 0.2) is 15.7 Å². The standard InChI is InChI=1S/C15H21N3O3S/c1-15(2,19)9-10-22(20,21)11-13-16-17-14(18(13)3)12-7-5-4-6-8-12/h4-8,19H,9-11H2,1-3H3. The Morgan fingerprint density at radius 1 is 1.18 bits per heavy atom. The highest BCUT2D eigenvalue weighted by atomic mass is 32.2. The molecule has 0 aliphatic carbocycles. The molecule has 1 N–H and O–H groups in total. The SMILES string of the molecule is Cn1c(CS(=O)(=O)CCC(C)(C)O)nnc1-c1ccccc1. The monoisotopic (exact) mass is 323 g/mol. The average Bonchev–Trinajstić information content (AvgIpc) is 2.78. The molecule has 0 spiro atoms. The van der Waals surface area contributed by atoms with E-state index in [9.17, 15) is 13.5 Å². The largest absolute Gasteiger partial charge is 0.390 e. The number of benzene rings is 1. The number of hydrogen-bond donors (Lipinski definition) is 1. The highest BCUT2D eigenvalue weighted by Crippen LogP contribution is 2.18. The molecule has 1 aromatic carbocycles. The maximum Gasteiger partial charge on any atom is 0.163 e. The van der Waals surface area contributed by atoms with E-state index in [1.807, 2.05) is 30.3 Å². The summed E-state index contributed by atoms with van der Waals surface area (Å²) < 4.78 is 26.0. The van der Waals surface area contributed by atoms with Gasteiger partial charge in [0.05, 0.1) is 11.4 Å². The summed E-state index contributed by atoms with van der Waals surface area (Å²) in [4.78, 5) is 0. The second-order valence-electron chi connectivity index (χ2n) is 6.02. The Balaban J connectivity index is 2.16. The zero-order valence-electron chi connectivity index (χ0n) is 13.0. The summed E-state index contributed by atoms with van der Waals surface area (Å²) in [6.45, 7) is 3.19. The van der Waals surface area contributed by atoms with Crippen LogP contribution in [0, 0.1) is 0 Å². The molecule has 0 radical (unpaired) electrons. The molecule has 0 atom stereocenters. The van der Waals surface area contributed by atoms with Crippen molar-refractivity contribution in [3.05, 3.63) is 36.2 Å². The van der Waals surface area contributed by atoms with E-state index in [-0.39, 0.29) is 17.9 Å². The number of aromatic nitrogens is 3. The zero-order valence-corrected chi connectivity index (χ0v) is 13.8. The first-order chi connectivity index (χ1) is 10.2. The summed E-state index contributed by atoms with van der Waals surface area (Å²) in [7, 11) is -1.59. The van der Waals surface area contributed by atoms with Crippen molar-refractivity contribution in [1.29, 1.82) is 0 Å². The van der Waals surface area contributed by atoms with Crippen LogP contribution in [0.4, 0.5) is 0 Å². The molecule has 0 aliphatic rings. The van der Waals surface area contributed by atoms with Crippen LogP contribution in [0.15, 0.2) is 30.3 Å². The van der Waals surface area contributed by atoms with Gasteiger partial charge in [-0.25, -0.2) is 8.42 Å². The molecule has 1 aromatic heterocycles. The third-order valence-electron chi connectivity index (χ3n) is 3.37. The minimum Gasteiger partial charge on any atom is -0.390 e. The van der Waals surface area contributed by atoms with Crippen LogP contribution in [-0.4, -0.2) is 39.6 Å². The number of sulfone groups is 1. The van der Waals surface area contributed by atoms with Crippen molar-refractivity contribution in [2.45, 2.75) is 31.6 Å². The lowest BCUT2D eigenvalue weighted by atomic mass is 10.1. The molecule has 2 rings (SSSR count). The number of rotatable bonds is 6. The lowest BCUT2D eigenvalue weighted by molar-refractivity contribution is 0.0772. The van der Waals surface area contributed by atoms with Crippen molar-refractivity contribution in [2.75, 3.05) is 5.75 Å². The predicted octanol–water partition coefficient (Wildman–Crippen LogP) is 1.56. The van der Waals surface area contributed by atoms with E-state index in [1.54, 1.807) is 25.5 Å². The molecule has 0 bridgehead atoms.